The molecule has 0 atom stereocenters. The van der Waals surface area contributed by atoms with Gasteiger partial charge < -0.3 is 4.98 Å². The van der Waals surface area contributed by atoms with E-state index in [4.69, 9.17) is 16.6 Å². The third-order valence-electron chi connectivity index (χ3n) is 4.80. The first kappa shape index (κ1) is 17.2. The highest BCUT2D eigenvalue weighted by Crippen LogP contribution is 2.35. The lowest BCUT2D eigenvalue weighted by Gasteiger charge is -2.12. The van der Waals surface area contributed by atoms with Crippen molar-refractivity contribution < 1.29 is 0 Å². The Morgan fingerprint density at radius 1 is 1.00 bits per heavy atom. The zero-order valence-corrected chi connectivity index (χ0v) is 15.7. The molecule has 0 unspecified atom stereocenters. The molecule has 0 spiro atoms. The molecule has 3 aromatic heterocycles. The fourth-order valence-corrected chi connectivity index (χ4v) is 3.60. The smallest absolute Gasteiger partial charge is 0.249 e. The van der Waals surface area contributed by atoms with E-state index in [1.807, 2.05) is 36.4 Å². The summed E-state index contributed by atoms with van der Waals surface area (Å²) >= 11 is 6.21. The maximum Gasteiger partial charge on any atom is 0.249 e. The number of pyridine rings is 2. The van der Waals surface area contributed by atoms with E-state index in [1.54, 1.807) is 18.2 Å². The predicted octanol–water partition coefficient (Wildman–Crippen LogP) is 4.66. The SMILES string of the molecule is N#Cc1cccc(-c2nc3[nH]c(=O)ccc3cc2-c2ccc3[nH]nc(Cl)c3c2)c1. The van der Waals surface area contributed by atoms with Crippen molar-refractivity contribution in [2.45, 2.75) is 0 Å². The maximum absolute atomic E-state index is 11.8. The van der Waals surface area contributed by atoms with E-state index in [0.717, 1.165) is 33.0 Å². The first-order valence-electron chi connectivity index (χ1n) is 8.81. The van der Waals surface area contributed by atoms with Crippen LogP contribution in [0.5, 0.6) is 0 Å². The van der Waals surface area contributed by atoms with Gasteiger partial charge in [-0.25, -0.2) is 4.98 Å². The highest BCUT2D eigenvalue weighted by molar-refractivity contribution is 6.34. The van der Waals surface area contributed by atoms with Gasteiger partial charge in [0, 0.05) is 28.0 Å². The van der Waals surface area contributed by atoms with Gasteiger partial charge in [-0.05, 0) is 42.0 Å². The molecule has 0 fully saturated rings. The Balaban J connectivity index is 1.84. The van der Waals surface area contributed by atoms with Gasteiger partial charge in [-0.3, -0.25) is 9.89 Å². The third kappa shape index (κ3) is 2.94. The fraction of sp³-hybridized carbons (Fsp3) is 0. The molecule has 29 heavy (non-hydrogen) atoms. The number of H-pyrrole nitrogens is 2. The van der Waals surface area contributed by atoms with E-state index in [1.165, 1.54) is 6.07 Å². The predicted molar refractivity (Wildman–Crippen MR) is 113 cm³/mol. The van der Waals surface area contributed by atoms with Crippen LogP contribution < -0.4 is 5.56 Å². The topological polar surface area (TPSA) is 98.2 Å². The van der Waals surface area contributed by atoms with Gasteiger partial charge in [0.1, 0.15) is 5.65 Å². The fourth-order valence-electron chi connectivity index (χ4n) is 3.41. The average molecular weight is 398 g/mol. The second-order valence-corrected chi connectivity index (χ2v) is 6.97. The number of nitrogens with zero attached hydrogens (tertiary/aromatic N) is 3. The number of nitrogens with one attached hydrogen (secondary N) is 2. The number of nitriles is 1. The summed E-state index contributed by atoms with van der Waals surface area (Å²) in [7, 11) is 0. The van der Waals surface area contributed by atoms with Crippen molar-refractivity contribution in [3.63, 3.8) is 0 Å². The molecule has 0 aliphatic rings. The lowest BCUT2D eigenvalue weighted by molar-refractivity contribution is 1.12. The molecule has 0 bridgehead atoms. The number of hydrogen-bond acceptors (Lipinski definition) is 4. The number of aromatic amines is 2. The van der Waals surface area contributed by atoms with Crippen molar-refractivity contribution in [3.05, 3.63) is 81.7 Å². The summed E-state index contributed by atoms with van der Waals surface area (Å²) in [6.45, 7) is 0. The molecule has 7 heteroatoms. The van der Waals surface area contributed by atoms with Gasteiger partial charge in [0.15, 0.2) is 5.15 Å². The monoisotopic (exact) mass is 397 g/mol. The van der Waals surface area contributed by atoms with E-state index >= 15 is 0 Å². The molecule has 0 saturated carbocycles. The number of fused-ring (bicyclic) bond motifs is 2. The lowest BCUT2D eigenvalue weighted by atomic mass is 9.96. The number of rotatable bonds is 2. The maximum atomic E-state index is 11.8. The summed E-state index contributed by atoms with van der Waals surface area (Å²) in [6, 6.07) is 20.4. The van der Waals surface area contributed by atoms with Gasteiger partial charge in [0.05, 0.1) is 22.8 Å². The van der Waals surface area contributed by atoms with Crippen LogP contribution in [0.25, 0.3) is 44.3 Å². The van der Waals surface area contributed by atoms with E-state index in [-0.39, 0.29) is 5.56 Å². The van der Waals surface area contributed by atoms with Gasteiger partial charge in [-0.1, -0.05) is 29.8 Å². The summed E-state index contributed by atoms with van der Waals surface area (Å²) in [5, 5.41) is 18.2. The molecule has 5 rings (SSSR count). The summed E-state index contributed by atoms with van der Waals surface area (Å²) < 4.78 is 0. The molecule has 0 amide bonds. The molecule has 2 aromatic carbocycles. The molecular weight excluding hydrogens is 386 g/mol. The number of aromatic nitrogens is 4. The van der Waals surface area contributed by atoms with Crippen LogP contribution in [0.3, 0.4) is 0 Å². The van der Waals surface area contributed by atoms with Crippen molar-refractivity contribution >= 4 is 33.5 Å². The average Bonchev–Trinajstić information content (AvgIpc) is 3.13. The Bertz CT molecular complexity index is 1510. The Labute approximate surface area is 169 Å². The summed E-state index contributed by atoms with van der Waals surface area (Å²) in [6.07, 6.45) is 0. The van der Waals surface area contributed by atoms with E-state index in [2.05, 4.69) is 21.3 Å². The summed E-state index contributed by atoms with van der Waals surface area (Å²) in [5.74, 6) is 0. The van der Waals surface area contributed by atoms with Crippen LogP contribution in [0.2, 0.25) is 5.15 Å². The molecule has 5 aromatic rings. The molecule has 138 valence electrons. The number of hydrogen-bond donors (Lipinski definition) is 2. The Hall–Kier alpha value is -3.95. The molecular formula is C22H12ClN5O. The van der Waals surface area contributed by atoms with Crippen LogP contribution in [0.4, 0.5) is 0 Å². The molecule has 0 saturated heterocycles. The normalized spacial score (nSPS) is 11.0. The largest absolute Gasteiger partial charge is 0.307 e. The minimum absolute atomic E-state index is 0.221. The number of benzene rings is 2. The van der Waals surface area contributed by atoms with Crippen LogP contribution in [0, 0.1) is 11.3 Å². The zero-order chi connectivity index (χ0) is 20.0. The second-order valence-electron chi connectivity index (χ2n) is 6.61. The highest BCUT2D eigenvalue weighted by atomic mass is 35.5. The van der Waals surface area contributed by atoms with Gasteiger partial charge in [0.2, 0.25) is 5.56 Å². The van der Waals surface area contributed by atoms with Crippen molar-refractivity contribution in [3.8, 4) is 28.5 Å². The summed E-state index contributed by atoms with van der Waals surface area (Å²) in [5.41, 5.74) is 4.84. The molecule has 2 N–H and O–H groups in total. The minimum Gasteiger partial charge on any atom is -0.307 e. The van der Waals surface area contributed by atoms with Crippen molar-refractivity contribution in [1.29, 1.82) is 5.26 Å². The molecule has 3 heterocycles. The number of halogens is 1. The van der Waals surface area contributed by atoms with Gasteiger partial charge in [-0.15, -0.1) is 0 Å². The van der Waals surface area contributed by atoms with Crippen LogP contribution in [-0.2, 0) is 0 Å². The van der Waals surface area contributed by atoms with Crippen LogP contribution in [0.15, 0.2) is 65.5 Å². The Kier molecular flexibility index (Phi) is 3.90. The first-order valence-corrected chi connectivity index (χ1v) is 9.19. The van der Waals surface area contributed by atoms with Crippen LogP contribution in [-0.4, -0.2) is 20.2 Å². The van der Waals surface area contributed by atoms with Crippen molar-refractivity contribution in [1.82, 2.24) is 20.2 Å². The molecule has 0 aliphatic heterocycles. The van der Waals surface area contributed by atoms with Gasteiger partial charge in [0.25, 0.3) is 0 Å². The van der Waals surface area contributed by atoms with Gasteiger partial charge >= 0.3 is 0 Å². The van der Waals surface area contributed by atoms with Crippen molar-refractivity contribution in [2.75, 3.05) is 0 Å². The molecule has 0 aliphatic carbocycles. The molecule has 0 radical (unpaired) electrons. The lowest BCUT2D eigenvalue weighted by Crippen LogP contribution is -2.04. The molecule has 6 nitrogen and oxygen atoms in total. The quantitative estimate of drug-likeness (QED) is 0.452. The minimum atomic E-state index is -0.221. The Morgan fingerprint density at radius 3 is 2.76 bits per heavy atom. The van der Waals surface area contributed by atoms with E-state index < -0.39 is 0 Å². The first-order chi connectivity index (χ1) is 14.1. The standard InChI is InChI=1S/C22H12ClN5O/c23-21-17-9-13(4-6-18(17)27-28-21)16-10-15-5-7-19(29)25-22(15)26-20(16)14-3-1-2-12(8-14)11-24/h1-10H,(H,27,28)(H,25,26,29). The second kappa shape index (κ2) is 6.59. The summed E-state index contributed by atoms with van der Waals surface area (Å²) in [4.78, 5) is 19.3. The van der Waals surface area contributed by atoms with Crippen LogP contribution in [0.1, 0.15) is 5.56 Å². The Morgan fingerprint density at radius 2 is 1.90 bits per heavy atom. The van der Waals surface area contributed by atoms with Crippen molar-refractivity contribution in [2.24, 2.45) is 0 Å². The van der Waals surface area contributed by atoms with Gasteiger partial charge in [-0.2, -0.15) is 10.4 Å². The van der Waals surface area contributed by atoms with Crippen LogP contribution >= 0.6 is 11.6 Å². The highest BCUT2D eigenvalue weighted by Gasteiger charge is 2.14. The third-order valence-corrected chi connectivity index (χ3v) is 5.09. The van der Waals surface area contributed by atoms with E-state index in [0.29, 0.717) is 22.1 Å². The zero-order valence-electron chi connectivity index (χ0n) is 14.9. The van der Waals surface area contributed by atoms with E-state index in [9.17, 15) is 10.1 Å².